The van der Waals surface area contributed by atoms with E-state index in [1.54, 1.807) is 50.1 Å². The van der Waals surface area contributed by atoms with Crippen molar-refractivity contribution in [1.29, 1.82) is 0 Å². The fourth-order valence-electron chi connectivity index (χ4n) is 9.25. The molecule has 3 aliphatic rings. The maximum Gasteiger partial charge on any atom is 0.333 e. The number of nitrogens with zero attached hydrogens (tertiary/aromatic N) is 8. The number of nitrogens with one attached hydrogen (secondary N) is 4. The SMILES string of the molecule is Cc1cc(C[C@@H](NC(=O)N2CCC(n3c(=O)[nH]c4ncccc43)CC2)C(=O)N[C@@H](CC2CCN(C(=O)CC(=O)ON)CC2)C(=O)N2CCN(c3ccncc3)CC2)cc2cn[nH]c12. The van der Waals surface area contributed by atoms with Crippen LogP contribution in [0.4, 0.5) is 10.5 Å². The van der Waals surface area contributed by atoms with Gasteiger partial charge in [-0.25, -0.2) is 19.4 Å². The quantitative estimate of drug-likeness (QED) is 0.0886. The second-order valence-corrected chi connectivity index (χ2v) is 16.6. The number of benzene rings is 1. The summed E-state index contributed by atoms with van der Waals surface area (Å²) in [4.78, 5) is 103. The van der Waals surface area contributed by atoms with E-state index in [4.69, 9.17) is 5.90 Å². The first-order valence-corrected chi connectivity index (χ1v) is 21.5. The summed E-state index contributed by atoms with van der Waals surface area (Å²) in [7, 11) is 0. The lowest BCUT2D eigenvalue weighted by atomic mass is 9.89. The molecule has 0 radical (unpaired) electrons. The molecular weight excluding hydrogens is 811 g/mol. The van der Waals surface area contributed by atoms with Crippen molar-refractivity contribution in [3.05, 3.63) is 82.8 Å². The van der Waals surface area contributed by atoms with Crippen LogP contribution in [0.2, 0.25) is 0 Å². The molecule has 3 fully saturated rings. The van der Waals surface area contributed by atoms with E-state index in [1.165, 1.54) is 0 Å². The van der Waals surface area contributed by atoms with Crippen LogP contribution in [0, 0.1) is 12.8 Å². The number of amides is 5. The van der Waals surface area contributed by atoms with Gasteiger partial charge in [-0.3, -0.25) is 34.0 Å². The zero-order chi connectivity index (χ0) is 44.0. The van der Waals surface area contributed by atoms with Crippen molar-refractivity contribution in [2.45, 2.75) is 70.0 Å². The molecule has 6 N–H and O–H groups in total. The normalized spacial score (nSPS) is 17.4. The van der Waals surface area contributed by atoms with Gasteiger partial charge in [-0.2, -0.15) is 11.0 Å². The number of piperazine rings is 1. The molecule has 3 aliphatic heterocycles. The van der Waals surface area contributed by atoms with Crippen LogP contribution < -0.4 is 27.1 Å². The number of anilines is 1. The smallest absolute Gasteiger partial charge is 0.333 e. The largest absolute Gasteiger partial charge is 0.373 e. The van der Waals surface area contributed by atoms with Gasteiger partial charge in [0.2, 0.25) is 17.7 Å². The number of rotatable bonds is 12. The molecule has 20 nitrogen and oxygen atoms in total. The number of aromatic amines is 2. The number of aromatic nitrogens is 6. The zero-order valence-corrected chi connectivity index (χ0v) is 35.2. The van der Waals surface area contributed by atoms with Crippen LogP contribution in [-0.4, -0.2) is 139 Å². The fourth-order valence-corrected chi connectivity index (χ4v) is 9.25. The number of pyridine rings is 2. The fraction of sp³-hybridized carbons (Fsp3) is 0.465. The number of urea groups is 1. The highest BCUT2D eigenvalue weighted by Gasteiger charge is 2.36. The average molecular weight is 864 g/mol. The predicted molar refractivity (Wildman–Crippen MR) is 231 cm³/mol. The lowest BCUT2D eigenvalue weighted by Gasteiger charge is -2.39. The summed E-state index contributed by atoms with van der Waals surface area (Å²) in [5, 5.41) is 14.2. The van der Waals surface area contributed by atoms with E-state index in [9.17, 15) is 28.8 Å². The third kappa shape index (κ3) is 9.80. The van der Waals surface area contributed by atoms with Gasteiger partial charge in [0.15, 0.2) is 5.65 Å². The molecule has 4 aromatic heterocycles. The molecule has 0 saturated carbocycles. The van der Waals surface area contributed by atoms with Crippen LogP contribution >= 0.6 is 0 Å². The number of fused-ring (bicyclic) bond motifs is 2. The number of aryl methyl sites for hydroxylation is 1. The molecule has 20 heteroatoms. The molecule has 5 amide bonds. The Labute approximate surface area is 362 Å². The second-order valence-electron chi connectivity index (χ2n) is 16.6. The van der Waals surface area contributed by atoms with Crippen LogP contribution in [0.15, 0.2) is 66.0 Å². The third-order valence-electron chi connectivity index (χ3n) is 12.7. The van der Waals surface area contributed by atoms with E-state index in [2.05, 4.69) is 45.5 Å². The van der Waals surface area contributed by atoms with Gasteiger partial charge in [0.05, 0.1) is 17.2 Å². The molecule has 0 spiro atoms. The van der Waals surface area contributed by atoms with Gasteiger partial charge >= 0.3 is 17.7 Å². The number of piperidine rings is 2. The molecule has 0 unspecified atom stereocenters. The number of hydrogen-bond acceptors (Lipinski definition) is 12. The number of hydrogen-bond donors (Lipinski definition) is 5. The van der Waals surface area contributed by atoms with Crippen molar-refractivity contribution >= 4 is 57.5 Å². The van der Waals surface area contributed by atoms with Gasteiger partial charge in [0, 0.05) is 94.5 Å². The number of carbonyl (C=O) groups excluding carboxylic acids is 5. The summed E-state index contributed by atoms with van der Waals surface area (Å²) in [5.41, 5.74) is 4.59. The lowest BCUT2D eigenvalue weighted by molar-refractivity contribution is -0.150. The minimum absolute atomic E-state index is 0.0243. The second kappa shape index (κ2) is 19.1. The molecule has 1 aromatic carbocycles. The first kappa shape index (κ1) is 42.8. The Morgan fingerprint density at radius 2 is 1.60 bits per heavy atom. The Morgan fingerprint density at radius 1 is 0.873 bits per heavy atom. The average Bonchev–Trinajstić information content (AvgIpc) is 3.93. The molecule has 0 bridgehead atoms. The highest BCUT2D eigenvalue weighted by atomic mass is 16.7. The zero-order valence-electron chi connectivity index (χ0n) is 35.2. The van der Waals surface area contributed by atoms with E-state index in [0.29, 0.717) is 95.6 Å². The molecule has 5 aromatic rings. The van der Waals surface area contributed by atoms with Gasteiger partial charge in [-0.05, 0) is 86.4 Å². The highest BCUT2D eigenvalue weighted by Crippen LogP contribution is 2.27. The molecule has 3 saturated heterocycles. The summed E-state index contributed by atoms with van der Waals surface area (Å²) in [5.74, 6) is 3.02. The number of carbonyl (C=O) groups is 5. The summed E-state index contributed by atoms with van der Waals surface area (Å²) in [6.07, 6.45) is 8.97. The molecule has 7 heterocycles. The predicted octanol–water partition coefficient (Wildman–Crippen LogP) is 1.53. The van der Waals surface area contributed by atoms with Crippen molar-refractivity contribution in [3.8, 4) is 0 Å². The Hall–Kier alpha value is -6.83. The van der Waals surface area contributed by atoms with E-state index >= 15 is 0 Å². The Bertz CT molecular complexity index is 2500. The minimum Gasteiger partial charge on any atom is -0.373 e. The summed E-state index contributed by atoms with van der Waals surface area (Å²) in [6, 6.07) is 8.85. The van der Waals surface area contributed by atoms with Crippen molar-refractivity contribution in [3.63, 3.8) is 0 Å². The van der Waals surface area contributed by atoms with Crippen LogP contribution in [0.5, 0.6) is 0 Å². The molecule has 63 heavy (non-hydrogen) atoms. The molecule has 8 rings (SSSR count). The Balaban J connectivity index is 0.992. The first-order valence-electron chi connectivity index (χ1n) is 21.5. The van der Waals surface area contributed by atoms with Gasteiger partial charge in [0.1, 0.15) is 18.5 Å². The van der Waals surface area contributed by atoms with Crippen LogP contribution in [0.3, 0.4) is 0 Å². The topological polar surface area (TPSA) is 250 Å². The summed E-state index contributed by atoms with van der Waals surface area (Å²) in [6.45, 7) is 5.48. The summed E-state index contributed by atoms with van der Waals surface area (Å²) < 4.78 is 1.71. The minimum atomic E-state index is -1.05. The first-order chi connectivity index (χ1) is 30.5. The number of imidazole rings is 1. The van der Waals surface area contributed by atoms with Gasteiger partial charge < -0.3 is 35.1 Å². The van der Waals surface area contributed by atoms with Crippen molar-refractivity contribution in [2.75, 3.05) is 57.3 Å². The maximum absolute atomic E-state index is 14.7. The highest BCUT2D eigenvalue weighted by molar-refractivity contribution is 5.94. The van der Waals surface area contributed by atoms with Crippen LogP contribution in [-0.2, 0) is 30.4 Å². The standard InChI is InChI=1S/C43H53N13O7/c1-27-21-29(22-30-26-47-51-38(27)30)24-33(49-42(61)55-15-8-32(9-16-55)56-35-3-2-10-46-39(35)50-43(56)62)40(59)48-34(23-28-6-13-53(14-7-28)36(57)25-37(58)63-44)41(60)54-19-17-52(18-20-54)31-4-11-45-12-5-31/h2-5,10-12,21-22,26,28,32-34H,6-9,13-20,23-25,44H2,1H3,(H,47,51)(H,48,59)(H,49,61)(H,46,50,62)/t33-,34+/m1/s1. The number of nitrogens with two attached hydrogens (primary N) is 1. The van der Waals surface area contributed by atoms with Gasteiger partial charge in [-0.1, -0.05) is 6.07 Å². The molecule has 332 valence electrons. The van der Waals surface area contributed by atoms with Crippen molar-refractivity contribution in [1.82, 2.24) is 55.0 Å². The van der Waals surface area contributed by atoms with E-state index < -0.39 is 36.4 Å². The Kier molecular flexibility index (Phi) is 13.0. The van der Waals surface area contributed by atoms with Crippen LogP contribution in [0.25, 0.3) is 22.1 Å². The van der Waals surface area contributed by atoms with E-state index in [1.807, 2.05) is 37.3 Å². The van der Waals surface area contributed by atoms with Gasteiger partial charge in [-0.15, -0.1) is 0 Å². The Morgan fingerprint density at radius 3 is 2.33 bits per heavy atom. The molecule has 2 atom stereocenters. The monoisotopic (exact) mass is 863 g/mol. The van der Waals surface area contributed by atoms with Crippen molar-refractivity contribution in [2.24, 2.45) is 11.8 Å². The summed E-state index contributed by atoms with van der Waals surface area (Å²) >= 11 is 0. The van der Waals surface area contributed by atoms with Crippen molar-refractivity contribution < 1.29 is 28.8 Å². The number of likely N-dealkylation sites (tertiary alicyclic amines) is 2. The molecular formula is C43H53N13O7. The van der Waals surface area contributed by atoms with Gasteiger partial charge in [0.25, 0.3) is 0 Å². The molecule has 0 aliphatic carbocycles. The lowest BCUT2D eigenvalue weighted by Crippen LogP contribution is -2.59. The number of H-pyrrole nitrogens is 2. The maximum atomic E-state index is 14.7. The third-order valence-corrected chi connectivity index (χ3v) is 12.7. The van der Waals surface area contributed by atoms with Crippen LogP contribution in [0.1, 0.15) is 55.7 Å². The van der Waals surface area contributed by atoms with E-state index in [-0.39, 0.29) is 35.9 Å². The van der Waals surface area contributed by atoms with E-state index in [0.717, 1.165) is 27.7 Å².